The second-order valence-corrected chi connectivity index (χ2v) is 6.68. The zero-order chi connectivity index (χ0) is 17.1. The monoisotopic (exact) mass is 322 g/mol. The molecule has 0 aliphatic heterocycles. The van der Waals surface area contributed by atoms with Crippen molar-refractivity contribution in [2.24, 2.45) is 0 Å². The summed E-state index contributed by atoms with van der Waals surface area (Å²) in [6.45, 7) is 6.20. The van der Waals surface area contributed by atoms with Gasteiger partial charge in [0.25, 0.3) is 5.56 Å². The first-order valence-corrected chi connectivity index (χ1v) is 9.42. The van der Waals surface area contributed by atoms with Crippen LogP contribution in [-0.2, 0) is 0 Å². The molecule has 1 atom stereocenters. The molecule has 0 aliphatic carbocycles. The van der Waals surface area contributed by atoms with E-state index >= 15 is 0 Å². The fourth-order valence-corrected chi connectivity index (χ4v) is 3.07. The van der Waals surface area contributed by atoms with E-state index in [1.807, 2.05) is 0 Å². The van der Waals surface area contributed by atoms with Gasteiger partial charge in [0.1, 0.15) is 0 Å². The first kappa shape index (κ1) is 19.7. The van der Waals surface area contributed by atoms with Crippen LogP contribution in [0.2, 0.25) is 0 Å². The molecule has 1 unspecified atom stereocenters. The van der Waals surface area contributed by atoms with Crippen molar-refractivity contribution < 1.29 is 0 Å². The number of aromatic amines is 1. The second kappa shape index (κ2) is 11.3. The second-order valence-electron chi connectivity index (χ2n) is 6.68. The molecule has 0 radical (unpaired) electrons. The van der Waals surface area contributed by atoms with Gasteiger partial charge < -0.3 is 0 Å². The highest BCUT2D eigenvalue weighted by Crippen LogP contribution is 2.22. The fraction of sp³-hybridized carbons (Fsp3) is 0.789. The molecule has 0 saturated carbocycles. The van der Waals surface area contributed by atoms with E-state index in [9.17, 15) is 9.59 Å². The van der Waals surface area contributed by atoms with Crippen molar-refractivity contribution in [1.82, 2.24) is 9.55 Å². The van der Waals surface area contributed by atoms with Crippen LogP contribution >= 0.6 is 0 Å². The lowest BCUT2D eigenvalue weighted by Crippen LogP contribution is -2.33. The Hall–Kier alpha value is -1.32. The summed E-state index contributed by atoms with van der Waals surface area (Å²) in [6.07, 6.45) is 14.9. The average Bonchev–Trinajstić information content (AvgIpc) is 2.53. The van der Waals surface area contributed by atoms with E-state index in [0.717, 1.165) is 25.7 Å². The van der Waals surface area contributed by atoms with Gasteiger partial charge in [-0.25, -0.2) is 4.79 Å². The van der Waals surface area contributed by atoms with Crippen LogP contribution in [0.3, 0.4) is 0 Å². The normalized spacial score (nSPS) is 12.5. The maximum absolute atomic E-state index is 12.2. The third-order valence-corrected chi connectivity index (χ3v) is 4.57. The maximum Gasteiger partial charge on any atom is 0.328 e. The molecule has 4 nitrogen and oxygen atoms in total. The Balaban J connectivity index is 2.71. The molecule has 1 N–H and O–H groups in total. The molecule has 0 bridgehead atoms. The summed E-state index contributed by atoms with van der Waals surface area (Å²) in [5.74, 6) is 0. The highest BCUT2D eigenvalue weighted by molar-refractivity contribution is 5.01. The van der Waals surface area contributed by atoms with E-state index in [0.29, 0.717) is 5.56 Å². The van der Waals surface area contributed by atoms with Crippen LogP contribution in [0.4, 0.5) is 0 Å². The van der Waals surface area contributed by atoms with Crippen molar-refractivity contribution in [2.75, 3.05) is 0 Å². The number of hydrogen-bond donors (Lipinski definition) is 1. The number of unbranched alkanes of at least 4 members (excludes halogenated alkanes) is 7. The van der Waals surface area contributed by atoms with Crippen molar-refractivity contribution in [3.05, 3.63) is 32.6 Å². The summed E-state index contributed by atoms with van der Waals surface area (Å²) >= 11 is 0. The first-order valence-electron chi connectivity index (χ1n) is 9.42. The van der Waals surface area contributed by atoms with Crippen molar-refractivity contribution in [1.29, 1.82) is 0 Å². The number of nitrogens with one attached hydrogen (secondary N) is 1. The molecule has 0 amide bonds. The van der Waals surface area contributed by atoms with Crippen molar-refractivity contribution in [3.8, 4) is 0 Å². The third kappa shape index (κ3) is 7.19. The Bertz CT molecular complexity index is 545. The Morgan fingerprint density at radius 3 is 2.00 bits per heavy atom. The van der Waals surface area contributed by atoms with E-state index in [-0.39, 0.29) is 17.3 Å². The van der Waals surface area contributed by atoms with Crippen molar-refractivity contribution in [3.63, 3.8) is 0 Å². The van der Waals surface area contributed by atoms with Crippen LogP contribution in [0.15, 0.2) is 15.8 Å². The average molecular weight is 322 g/mol. The highest BCUT2D eigenvalue weighted by Gasteiger charge is 2.13. The Morgan fingerprint density at radius 2 is 1.43 bits per heavy atom. The van der Waals surface area contributed by atoms with Gasteiger partial charge in [0.05, 0.1) is 0 Å². The smallest absolute Gasteiger partial charge is 0.297 e. The third-order valence-electron chi connectivity index (χ3n) is 4.57. The summed E-state index contributed by atoms with van der Waals surface area (Å²) in [7, 11) is 0. The first-order chi connectivity index (χ1) is 11.1. The molecule has 4 heteroatoms. The largest absolute Gasteiger partial charge is 0.328 e. The van der Waals surface area contributed by atoms with Crippen LogP contribution in [0.5, 0.6) is 0 Å². The van der Waals surface area contributed by atoms with E-state index in [4.69, 9.17) is 0 Å². The van der Waals surface area contributed by atoms with Crippen LogP contribution in [0, 0.1) is 6.92 Å². The fourth-order valence-electron chi connectivity index (χ4n) is 3.07. The van der Waals surface area contributed by atoms with E-state index < -0.39 is 0 Å². The van der Waals surface area contributed by atoms with E-state index in [2.05, 4.69) is 18.8 Å². The minimum Gasteiger partial charge on any atom is -0.297 e. The predicted octanol–water partition coefficient (Wildman–Crippen LogP) is 4.72. The number of hydrogen-bond acceptors (Lipinski definition) is 2. The predicted molar refractivity (Wildman–Crippen MR) is 97.2 cm³/mol. The number of nitrogens with zero attached hydrogens (tertiary/aromatic N) is 1. The molecule has 1 aromatic heterocycles. The molecule has 1 heterocycles. The molecule has 1 rings (SSSR count). The van der Waals surface area contributed by atoms with Crippen LogP contribution in [-0.4, -0.2) is 9.55 Å². The molecule has 132 valence electrons. The summed E-state index contributed by atoms with van der Waals surface area (Å²) in [6, 6.07) is 0.219. The number of H-pyrrole nitrogens is 1. The standard InChI is InChI=1S/C19H34N2O2/c1-4-6-8-10-12-14-17(13-11-9-7-5-2)21-15-16(3)18(22)20-19(21)23/h15,17H,4-14H2,1-3H3,(H,20,22,23). The van der Waals surface area contributed by atoms with Crippen molar-refractivity contribution in [2.45, 2.75) is 97.4 Å². The lowest BCUT2D eigenvalue weighted by molar-refractivity contribution is 0.381. The Labute approximate surface area is 140 Å². The molecule has 1 aromatic rings. The summed E-state index contributed by atoms with van der Waals surface area (Å²) in [5.41, 5.74) is 0.0997. The number of aryl methyl sites for hydroxylation is 1. The summed E-state index contributed by atoms with van der Waals surface area (Å²) in [5, 5.41) is 0. The minimum absolute atomic E-state index is 0.219. The van der Waals surface area contributed by atoms with Crippen molar-refractivity contribution >= 4 is 0 Å². The Kier molecular flexibility index (Phi) is 9.65. The van der Waals surface area contributed by atoms with Gasteiger partial charge in [0, 0.05) is 17.8 Å². The van der Waals surface area contributed by atoms with Gasteiger partial charge >= 0.3 is 5.69 Å². The van der Waals surface area contributed by atoms with E-state index in [1.165, 1.54) is 44.9 Å². The molecule has 0 spiro atoms. The lowest BCUT2D eigenvalue weighted by atomic mass is 10.0. The zero-order valence-corrected chi connectivity index (χ0v) is 15.2. The van der Waals surface area contributed by atoms with Crippen LogP contribution in [0.1, 0.15) is 96.1 Å². The van der Waals surface area contributed by atoms with Crippen LogP contribution < -0.4 is 11.2 Å². The molecule has 0 fully saturated rings. The minimum atomic E-state index is -0.265. The van der Waals surface area contributed by atoms with Gasteiger partial charge in [-0.3, -0.25) is 14.3 Å². The van der Waals surface area contributed by atoms with Gasteiger partial charge in [-0.05, 0) is 19.8 Å². The molecular weight excluding hydrogens is 288 g/mol. The Morgan fingerprint density at radius 1 is 0.913 bits per heavy atom. The van der Waals surface area contributed by atoms with Gasteiger partial charge in [0.15, 0.2) is 0 Å². The lowest BCUT2D eigenvalue weighted by Gasteiger charge is -2.20. The van der Waals surface area contributed by atoms with Crippen LogP contribution in [0.25, 0.3) is 0 Å². The van der Waals surface area contributed by atoms with Gasteiger partial charge in [-0.1, -0.05) is 71.6 Å². The van der Waals surface area contributed by atoms with Gasteiger partial charge in [0.2, 0.25) is 0 Å². The zero-order valence-electron chi connectivity index (χ0n) is 15.2. The number of rotatable bonds is 12. The van der Waals surface area contributed by atoms with Gasteiger partial charge in [-0.2, -0.15) is 0 Å². The maximum atomic E-state index is 12.2. The molecule has 0 aliphatic rings. The number of aromatic nitrogens is 2. The molecule has 0 aromatic carbocycles. The highest BCUT2D eigenvalue weighted by atomic mass is 16.2. The molecule has 23 heavy (non-hydrogen) atoms. The van der Waals surface area contributed by atoms with Gasteiger partial charge in [-0.15, -0.1) is 0 Å². The topological polar surface area (TPSA) is 54.9 Å². The summed E-state index contributed by atoms with van der Waals surface area (Å²) in [4.78, 5) is 26.2. The molecule has 0 saturated heterocycles. The van der Waals surface area contributed by atoms with E-state index in [1.54, 1.807) is 17.7 Å². The quantitative estimate of drug-likeness (QED) is 0.566. The molecular formula is C19H34N2O2. The SMILES string of the molecule is CCCCCCCC(CCCCCC)n1cc(C)c(=O)[nH]c1=O. The summed E-state index contributed by atoms with van der Waals surface area (Å²) < 4.78 is 1.77.